The van der Waals surface area contributed by atoms with Crippen molar-refractivity contribution < 1.29 is 19.1 Å². The summed E-state index contributed by atoms with van der Waals surface area (Å²) in [6, 6.07) is 8.72. The molecule has 1 aliphatic rings. The number of carbonyl (C=O) groups is 2. The van der Waals surface area contributed by atoms with Crippen molar-refractivity contribution in [3.8, 4) is 0 Å². The number of aromatic nitrogens is 2. The lowest BCUT2D eigenvalue weighted by Gasteiger charge is -2.12. The summed E-state index contributed by atoms with van der Waals surface area (Å²) < 4.78 is 6.95. The van der Waals surface area contributed by atoms with Crippen LogP contribution in [0, 0.1) is 0 Å². The molecule has 1 aliphatic heterocycles. The maximum atomic E-state index is 13.2. The van der Waals surface area contributed by atoms with Crippen LogP contribution in [0.1, 0.15) is 17.7 Å². The van der Waals surface area contributed by atoms with E-state index in [1.54, 1.807) is 42.8 Å². The van der Waals surface area contributed by atoms with Crippen molar-refractivity contribution in [1.29, 1.82) is 0 Å². The standard InChI is InChI=1S/C20H16N4O5S2/c25-16(26)6-8-24-19(28)14(31-20(24)30)10-13-17(21-11-12-4-3-9-29-12)22-15-5-1-2-7-23(15)18(13)27/h1-5,7,9-10,21H,6,8,11H2,(H,25,26). The molecule has 4 heterocycles. The molecule has 0 unspecified atom stereocenters. The lowest BCUT2D eigenvalue weighted by molar-refractivity contribution is -0.137. The number of carboxylic acids is 1. The second-order valence-electron chi connectivity index (χ2n) is 6.52. The van der Waals surface area contributed by atoms with Crippen LogP contribution in [-0.2, 0) is 16.1 Å². The summed E-state index contributed by atoms with van der Waals surface area (Å²) in [6.07, 6.45) is 4.36. The highest BCUT2D eigenvalue weighted by molar-refractivity contribution is 8.26. The molecule has 9 nitrogen and oxygen atoms in total. The Labute approximate surface area is 185 Å². The molecule has 0 radical (unpaired) electrons. The number of hydrogen-bond donors (Lipinski definition) is 2. The number of aliphatic carboxylic acids is 1. The van der Waals surface area contributed by atoms with E-state index in [4.69, 9.17) is 21.7 Å². The molecule has 0 spiro atoms. The SMILES string of the molecule is O=C(O)CCN1C(=O)C(=Cc2c(NCc3ccco3)nc3ccccn3c2=O)SC1=S. The van der Waals surface area contributed by atoms with Gasteiger partial charge in [0.15, 0.2) is 0 Å². The number of rotatable bonds is 7. The van der Waals surface area contributed by atoms with E-state index in [1.807, 2.05) is 0 Å². The molecule has 0 saturated carbocycles. The minimum atomic E-state index is -1.03. The van der Waals surface area contributed by atoms with Gasteiger partial charge in [-0.25, -0.2) is 4.98 Å². The zero-order chi connectivity index (χ0) is 22.0. The Balaban J connectivity index is 1.73. The number of pyridine rings is 1. The first-order chi connectivity index (χ1) is 14.9. The number of amides is 1. The van der Waals surface area contributed by atoms with Gasteiger partial charge in [-0.2, -0.15) is 0 Å². The molecule has 31 heavy (non-hydrogen) atoms. The van der Waals surface area contributed by atoms with E-state index in [2.05, 4.69) is 10.3 Å². The first kappa shape index (κ1) is 20.8. The van der Waals surface area contributed by atoms with Gasteiger partial charge in [0, 0.05) is 12.7 Å². The molecule has 0 aliphatic carbocycles. The summed E-state index contributed by atoms with van der Waals surface area (Å²) in [4.78, 5) is 42.7. The van der Waals surface area contributed by atoms with Crippen LogP contribution in [0.25, 0.3) is 11.7 Å². The summed E-state index contributed by atoms with van der Waals surface area (Å²) in [5.74, 6) is -0.519. The molecule has 0 bridgehead atoms. The molecule has 1 saturated heterocycles. The van der Waals surface area contributed by atoms with Crippen molar-refractivity contribution in [3.63, 3.8) is 0 Å². The summed E-state index contributed by atoms with van der Waals surface area (Å²) in [7, 11) is 0. The van der Waals surface area contributed by atoms with Crippen LogP contribution >= 0.6 is 24.0 Å². The van der Waals surface area contributed by atoms with E-state index >= 15 is 0 Å². The number of nitrogens with zero attached hydrogens (tertiary/aromatic N) is 3. The van der Waals surface area contributed by atoms with Crippen LogP contribution < -0.4 is 10.9 Å². The van der Waals surface area contributed by atoms with Crippen molar-refractivity contribution in [2.24, 2.45) is 0 Å². The van der Waals surface area contributed by atoms with E-state index < -0.39 is 11.9 Å². The maximum Gasteiger partial charge on any atom is 0.305 e. The molecule has 4 rings (SSSR count). The Morgan fingerprint density at radius 2 is 2.13 bits per heavy atom. The second kappa shape index (κ2) is 8.74. The minimum Gasteiger partial charge on any atom is -0.481 e. The molecule has 3 aromatic rings. The average molecular weight is 457 g/mol. The Hall–Kier alpha value is -3.44. The van der Waals surface area contributed by atoms with Gasteiger partial charge in [0.2, 0.25) is 0 Å². The van der Waals surface area contributed by atoms with Crippen molar-refractivity contribution in [2.75, 3.05) is 11.9 Å². The number of hydrogen-bond acceptors (Lipinski definition) is 8. The lowest BCUT2D eigenvalue weighted by Crippen LogP contribution is -2.30. The third-order valence-electron chi connectivity index (χ3n) is 4.48. The number of carbonyl (C=O) groups excluding carboxylic acids is 1. The van der Waals surface area contributed by atoms with E-state index in [0.717, 1.165) is 11.8 Å². The van der Waals surface area contributed by atoms with Crippen molar-refractivity contribution in [2.45, 2.75) is 13.0 Å². The molecular formula is C20H16N4O5S2. The lowest BCUT2D eigenvalue weighted by atomic mass is 10.2. The molecule has 11 heteroatoms. The number of thioether (sulfide) groups is 1. The van der Waals surface area contributed by atoms with E-state index in [1.165, 1.54) is 15.4 Å². The molecule has 0 atom stereocenters. The third-order valence-corrected chi connectivity index (χ3v) is 5.86. The van der Waals surface area contributed by atoms with Gasteiger partial charge in [0.25, 0.3) is 11.5 Å². The number of fused-ring (bicyclic) bond motifs is 1. The largest absolute Gasteiger partial charge is 0.481 e. The normalized spacial score (nSPS) is 15.2. The van der Waals surface area contributed by atoms with Gasteiger partial charge >= 0.3 is 5.97 Å². The van der Waals surface area contributed by atoms with Crippen LogP contribution in [0.4, 0.5) is 5.82 Å². The molecule has 2 N–H and O–H groups in total. The highest BCUT2D eigenvalue weighted by Gasteiger charge is 2.32. The maximum absolute atomic E-state index is 13.2. The van der Waals surface area contributed by atoms with Crippen LogP contribution in [0.5, 0.6) is 0 Å². The van der Waals surface area contributed by atoms with Gasteiger partial charge in [-0.1, -0.05) is 30.0 Å². The highest BCUT2D eigenvalue weighted by atomic mass is 32.2. The number of thiocarbonyl (C=S) groups is 1. The first-order valence-electron chi connectivity index (χ1n) is 9.19. The van der Waals surface area contributed by atoms with Crippen LogP contribution in [-0.4, -0.2) is 42.1 Å². The summed E-state index contributed by atoms with van der Waals surface area (Å²) in [5, 5.41) is 12.0. The number of nitrogens with one attached hydrogen (secondary N) is 1. The van der Waals surface area contributed by atoms with Gasteiger partial charge in [-0.05, 0) is 30.3 Å². The Kier molecular flexibility index (Phi) is 5.87. The fraction of sp³-hybridized carbons (Fsp3) is 0.150. The Morgan fingerprint density at radius 3 is 2.87 bits per heavy atom. The Bertz CT molecular complexity index is 1270. The van der Waals surface area contributed by atoms with Crippen molar-refractivity contribution >= 4 is 57.7 Å². The van der Waals surface area contributed by atoms with E-state index in [0.29, 0.717) is 23.8 Å². The van der Waals surface area contributed by atoms with Gasteiger partial charge in [0.1, 0.15) is 21.5 Å². The monoisotopic (exact) mass is 456 g/mol. The predicted octanol–water partition coefficient (Wildman–Crippen LogP) is 2.58. The smallest absolute Gasteiger partial charge is 0.305 e. The summed E-state index contributed by atoms with van der Waals surface area (Å²) in [6.45, 7) is 0.263. The molecular weight excluding hydrogens is 440 g/mol. The first-order valence-corrected chi connectivity index (χ1v) is 10.4. The zero-order valence-electron chi connectivity index (χ0n) is 16.0. The van der Waals surface area contributed by atoms with Crippen LogP contribution in [0.2, 0.25) is 0 Å². The molecule has 1 amide bonds. The summed E-state index contributed by atoms with van der Waals surface area (Å²) >= 11 is 6.24. The van der Waals surface area contributed by atoms with Gasteiger partial charge in [-0.15, -0.1) is 0 Å². The fourth-order valence-corrected chi connectivity index (χ4v) is 4.27. The van der Waals surface area contributed by atoms with Gasteiger partial charge in [0.05, 0.1) is 29.7 Å². The number of carboxylic acid groups (broad SMARTS) is 1. The highest BCUT2D eigenvalue weighted by Crippen LogP contribution is 2.33. The predicted molar refractivity (Wildman–Crippen MR) is 120 cm³/mol. The topological polar surface area (TPSA) is 117 Å². The molecule has 0 aromatic carbocycles. The summed E-state index contributed by atoms with van der Waals surface area (Å²) in [5.41, 5.74) is 0.276. The molecule has 158 valence electrons. The van der Waals surface area contributed by atoms with E-state index in [-0.39, 0.29) is 33.3 Å². The number of furan rings is 1. The second-order valence-corrected chi connectivity index (χ2v) is 8.19. The number of anilines is 1. The molecule has 1 fully saturated rings. The van der Waals surface area contributed by atoms with Crippen LogP contribution in [0.3, 0.4) is 0 Å². The average Bonchev–Trinajstić information content (AvgIpc) is 3.35. The fourth-order valence-electron chi connectivity index (χ4n) is 2.98. The molecule has 3 aromatic heterocycles. The third kappa shape index (κ3) is 4.37. The van der Waals surface area contributed by atoms with Crippen molar-refractivity contribution in [1.82, 2.24) is 14.3 Å². The van der Waals surface area contributed by atoms with Gasteiger partial charge in [-0.3, -0.25) is 23.7 Å². The zero-order valence-corrected chi connectivity index (χ0v) is 17.6. The van der Waals surface area contributed by atoms with E-state index in [9.17, 15) is 14.4 Å². The van der Waals surface area contributed by atoms with Gasteiger partial charge < -0.3 is 14.8 Å². The van der Waals surface area contributed by atoms with Crippen LogP contribution in [0.15, 0.2) is 56.9 Å². The Morgan fingerprint density at radius 1 is 1.29 bits per heavy atom. The van der Waals surface area contributed by atoms with Crippen molar-refractivity contribution in [3.05, 3.63) is 69.4 Å². The minimum absolute atomic E-state index is 0.0319. The quantitative estimate of drug-likeness (QED) is 0.409.